The number of hydrogen-bond acceptors (Lipinski definition) is 4. The van der Waals surface area contributed by atoms with Gasteiger partial charge in [0.05, 0.1) is 0 Å². The van der Waals surface area contributed by atoms with Crippen molar-refractivity contribution in [3.05, 3.63) is 36.3 Å². The number of halogens is 1. The normalized spacial score (nSPS) is 26.5. The highest BCUT2D eigenvalue weighted by molar-refractivity contribution is 5.75. The number of nitrogens with zero attached hydrogens (tertiary/aromatic N) is 2. The molecule has 0 bridgehead atoms. The van der Waals surface area contributed by atoms with Crippen LogP contribution in [-0.4, -0.2) is 47.9 Å². The Morgan fingerprint density at radius 2 is 2.30 bits per heavy atom. The highest BCUT2D eigenvalue weighted by Gasteiger charge is 2.27. The van der Waals surface area contributed by atoms with E-state index in [2.05, 4.69) is 15.6 Å². The number of amides is 2. The summed E-state index contributed by atoms with van der Waals surface area (Å²) in [5.74, 6) is 0.111. The monoisotopic (exact) mass is 320 g/mol. The molecule has 7 heteroatoms. The van der Waals surface area contributed by atoms with E-state index in [9.17, 15) is 9.18 Å². The first kappa shape index (κ1) is 15.7. The first-order valence-corrected chi connectivity index (χ1v) is 7.87. The van der Waals surface area contributed by atoms with Gasteiger partial charge in [0.15, 0.2) is 11.6 Å². The molecular weight excluding hydrogens is 299 g/mol. The molecule has 6 nitrogen and oxygen atoms in total. The van der Waals surface area contributed by atoms with Gasteiger partial charge in [0.25, 0.3) is 0 Å². The predicted molar refractivity (Wildman–Crippen MR) is 84.6 cm³/mol. The molecule has 1 aliphatic carbocycles. The summed E-state index contributed by atoms with van der Waals surface area (Å²) in [5, 5.41) is 14.9. The first-order valence-electron chi connectivity index (χ1n) is 7.87. The number of rotatable bonds is 4. The second-order valence-corrected chi connectivity index (χ2v) is 6.03. The summed E-state index contributed by atoms with van der Waals surface area (Å²) in [6.07, 6.45) is 6.87. The number of aliphatic hydroxyl groups is 1. The van der Waals surface area contributed by atoms with E-state index in [1.54, 1.807) is 12.3 Å². The minimum atomic E-state index is -0.344. The van der Waals surface area contributed by atoms with E-state index >= 15 is 0 Å². The maximum Gasteiger partial charge on any atom is 0.315 e. The lowest BCUT2D eigenvalue weighted by atomic mass is 10.1. The average molecular weight is 320 g/mol. The minimum absolute atomic E-state index is 0.0320. The number of carbonyl (C=O) groups excluding carboxylic acids is 1. The molecule has 1 aromatic heterocycles. The Kier molecular flexibility index (Phi) is 4.76. The van der Waals surface area contributed by atoms with Crippen LogP contribution in [0.5, 0.6) is 0 Å². The van der Waals surface area contributed by atoms with Crippen molar-refractivity contribution in [2.24, 2.45) is 5.92 Å². The second kappa shape index (κ2) is 6.95. The Labute approximate surface area is 134 Å². The molecule has 2 heterocycles. The first-order chi connectivity index (χ1) is 11.2. The second-order valence-electron chi connectivity index (χ2n) is 6.03. The summed E-state index contributed by atoms with van der Waals surface area (Å²) in [7, 11) is 0. The molecule has 1 saturated heterocycles. The van der Waals surface area contributed by atoms with Crippen molar-refractivity contribution in [2.75, 3.05) is 24.6 Å². The number of carbonyl (C=O) groups is 1. The molecule has 124 valence electrons. The van der Waals surface area contributed by atoms with Crippen LogP contribution in [-0.2, 0) is 0 Å². The van der Waals surface area contributed by atoms with E-state index in [1.165, 1.54) is 6.07 Å². The van der Waals surface area contributed by atoms with Crippen LogP contribution in [0.15, 0.2) is 30.5 Å². The van der Waals surface area contributed by atoms with E-state index < -0.39 is 0 Å². The van der Waals surface area contributed by atoms with Crippen LogP contribution in [0.3, 0.4) is 0 Å². The molecule has 0 aromatic carbocycles. The molecule has 3 rings (SSSR count). The van der Waals surface area contributed by atoms with E-state index in [0.717, 1.165) is 12.8 Å². The van der Waals surface area contributed by atoms with Gasteiger partial charge in [-0.25, -0.2) is 14.2 Å². The van der Waals surface area contributed by atoms with Gasteiger partial charge >= 0.3 is 6.03 Å². The van der Waals surface area contributed by atoms with Gasteiger partial charge in [-0.3, -0.25) is 0 Å². The van der Waals surface area contributed by atoms with Crippen LogP contribution in [0.4, 0.5) is 15.0 Å². The molecule has 2 amide bonds. The maximum atomic E-state index is 13.7. The molecule has 3 N–H and O–H groups in total. The summed E-state index contributed by atoms with van der Waals surface area (Å²) in [6.45, 7) is 1.31. The maximum absolute atomic E-state index is 13.7. The number of aliphatic hydroxyl groups excluding tert-OH is 1. The lowest BCUT2D eigenvalue weighted by Crippen LogP contribution is -2.46. The summed E-state index contributed by atoms with van der Waals surface area (Å²) in [6, 6.07) is 2.65. The third-order valence-electron chi connectivity index (χ3n) is 4.29. The van der Waals surface area contributed by atoms with Crippen LogP contribution < -0.4 is 15.5 Å². The fourth-order valence-electron chi connectivity index (χ4n) is 3.09. The van der Waals surface area contributed by atoms with Gasteiger partial charge in [-0.1, -0.05) is 12.2 Å². The van der Waals surface area contributed by atoms with Crippen LogP contribution in [0.25, 0.3) is 0 Å². The van der Waals surface area contributed by atoms with E-state index in [1.807, 2.05) is 17.1 Å². The largest absolute Gasteiger partial charge is 0.396 e. The van der Waals surface area contributed by atoms with Gasteiger partial charge in [0.1, 0.15) is 0 Å². The smallest absolute Gasteiger partial charge is 0.315 e. The van der Waals surface area contributed by atoms with Crippen molar-refractivity contribution >= 4 is 11.8 Å². The number of nitrogens with one attached hydrogen (secondary N) is 2. The number of anilines is 1. The predicted octanol–water partition coefficient (Wildman–Crippen LogP) is 1.04. The van der Waals surface area contributed by atoms with Crippen LogP contribution in [0.2, 0.25) is 0 Å². The Morgan fingerprint density at radius 3 is 3.04 bits per heavy atom. The van der Waals surface area contributed by atoms with Crippen molar-refractivity contribution < 1.29 is 14.3 Å². The number of urea groups is 1. The van der Waals surface area contributed by atoms with Gasteiger partial charge in [-0.05, 0) is 25.0 Å². The Bertz CT molecular complexity index is 595. The summed E-state index contributed by atoms with van der Waals surface area (Å²) in [5.41, 5.74) is 0. The molecule has 0 spiro atoms. The van der Waals surface area contributed by atoms with Crippen LogP contribution in [0, 0.1) is 11.7 Å². The van der Waals surface area contributed by atoms with Crippen molar-refractivity contribution in [3.8, 4) is 0 Å². The van der Waals surface area contributed by atoms with E-state index in [4.69, 9.17) is 5.11 Å². The van der Waals surface area contributed by atoms with Crippen LogP contribution >= 0.6 is 0 Å². The Hall–Kier alpha value is -2.15. The average Bonchev–Trinajstić information content (AvgIpc) is 3.17. The summed E-state index contributed by atoms with van der Waals surface area (Å²) in [4.78, 5) is 17.9. The van der Waals surface area contributed by atoms with Crippen molar-refractivity contribution in [2.45, 2.75) is 24.9 Å². The molecule has 1 aliphatic heterocycles. The van der Waals surface area contributed by atoms with Crippen molar-refractivity contribution in [1.29, 1.82) is 0 Å². The van der Waals surface area contributed by atoms with Crippen molar-refractivity contribution in [1.82, 2.24) is 15.6 Å². The third-order valence-corrected chi connectivity index (χ3v) is 4.29. The molecule has 3 atom stereocenters. The number of pyridine rings is 1. The van der Waals surface area contributed by atoms with Gasteiger partial charge < -0.3 is 20.6 Å². The Balaban J connectivity index is 1.48. The molecule has 2 aliphatic rings. The van der Waals surface area contributed by atoms with E-state index in [0.29, 0.717) is 18.9 Å². The SMILES string of the molecule is O=C(NC1CCN(c2ncccc2F)C1)N[C@@H]1C=C[C@H](CO)C1. The number of hydrogen-bond donors (Lipinski definition) is 3. The van der Waals surface area contributed by atoms with Gasteiger partial charge in [0.2, 0.25) is 0 Å². The lowest BCUT2D eigenvalue weighted by Gasteiger charge is -2.19. The molecular formula is C16H21FN4O2. The molecule has 0 saturated carbocycles. The molecule has 0 radical (unpaired) electrons. The molecule has 1 fully saturated rings. The highest BCUT2D eigenvalue weighted by atomic mass is 19.1. The zero-order chi connectivity index (χ0) is 16.2. The summed E-state index contributed by atoms with van der Waals surface area (Å²) < 4.78 is 13.7. The lowest BCUT2D eigenvalue weighted by molar-refractivity contribution is 0.229. The van der Waals surface area contributed by atoms with Gasteiger partial charge in [-0.2, -0.15) is 0 Å². The molecule has 23 heavy (non-hydrogen) atoms. The molecule has 1 aromatic rings. The fraction of sp³-hybridized carbons (Fsp3) is 0.500. The van der Waals surface area contributed by atoms with Gasteiger partial charge in [0, 0.05) is 43.9 Å². The van der Waals surface area contributed by atoms with Gasteiger partial charge in [-0.15, -0.1) is 0 Å². The van der Waals surface area contributed by atoms with Crippen molar-refractivity contribution in [3.63, 3.8) is 0 Å². The topological polar surface area (TPSA) is 77.5 Å². The zero-order valence-corrected chi connectivity index (χ0v) is 12.8. The third kappa shape index (κ3) is 3.79. The zero-order valence-electron chi connectivity index (χ0n) is 12.8. The highest BCUT2D eigenvalue weighted by Crippen LogP contribution is 2.21. The number of aromatic nitrogens is 1. The standard InChI is InChI=1S/C16H21FN4O2/c17-14-2-1-6-18-15(14)21-7-5-13(9-21)20-16(23)19-12-4-3-11(8-12)10-22/h1-4,6,11-13,22H,5,7-10H2,(H2,19,20,23)/t11-,12+,13?/m0/s1. The minimum Gasteiger partial charge on any atom is -0.396 e. The van der Waals surface area contributed by atoms with E-state index in [-0.39, 0.29) is 36.5 Å². The molecule has 1 unspecified atom stereocenters. The summed E-state index contributed by atoms with van der Waals surface area (Å²) >= 11 is 0. The van der Waals surface area contributed by atoms with Crippen LogP contribution in [0.1, 0.15) is 12.8 Å². The fourth-order valence-corrected chi connectivity index (χ4v) is 3.09. The quantitative estimate of drug-likeness (QED) is 0.724. The Morgan fingerprint density at radius 1 is 1.43 bits per heavy atom.